The highest BCUT2D eigenvalue weighted by Crippen LogP contribution is 2.36. The van der Waals surface area contributed by atoms with Crippen LogP contribution in [0.5, 0.6) is 0 Å². The van der Waals surface area contributed by atoms with Gasteiger partial charge in [-0.05, 0) is 29.2 Å². The molecular formula is C11H16N6OS. The largest absolute Gasteiger partial charge is 0.339 e. The third-order valence-corrected chi connectivity index (χ3v) is 3.71. The molecule has 8 heteroatoms. The van der Waals surface area contributed by atoms with E-state index in [9.17, 15) is 0 Å². The van der Waals surface area contributed by atoms with Crippen LogP contribution in [0, 0.1) is 5.92 Å². The summed E-state index contributed by atoms with van der Waals surface area (Å²) < 4.78 is 7.09. The molecule has 0 spiro atoms. The molecule has 102 valence electrons. The van der Waals surface area contributed by atoms with E-state index in [-0.39, 0.29) is 0 Å². The van der Waals surface area contributed by atoms with E-state index in [1.807, 2.05) is 4.68 Å². The van der Waals surface area contributed by atoms with Gasteiger partial charge in [0.15, 0.2) is 5.82 Å². The highest BCUT2D eigenvalue weighted by atomic mass is 32.2. The first-order valence-electron chi connectivity index (χ1n) is 6.44. The van der Waals surface area contributed by atoms with Gasteiger partial charge in [-0.25, -0.2) is 4.68 Å². The zero-order chi connectivity index (χ0) is 13.2. The van der Waals surface area contributed by atoms with Crippen molar-refractivity contribution in [3.63, 3.8) is 0 Å². The minimum absolute atomic E-state index is 0.485. The monoisotopic (exact) mass is 280 g/mol. The van der Waals surface area contributed by atoms with Crippen LogP contribution in [0.4, 0.5) is 0 Å². The van der Waals surface area contributed by atoms with Gasteiger partial charge in [0.05, 0.1) is 11.8 Å². The Hall–Kier alpha value is -1.44. The van der Waals surface area contributed by atoms with E-state index < -0.39 is 0 Å². The van der Waals surface area contributed by atoms with E-state index >= 15 is 0 Å². The standard InChI is InChI=1S/C11H16N6OS/c1-7(2)5-10-12-9(14-18-10)6-19-11-13-15-16-17(11)8-3-4-8/h7-8H,3-6H2,1-2H3. The molecule has 3 rings (SSSR count). The van der Waals surface area contributed by atoms with Crippen LogP contribution in [-0.2, 0) is 12.2 Å². The van der Waals surface area contributed by atoms with Crippen molar-refractivity contribution >= 4 is 11.8 Å². The smallest absolute Gasteiger partial charge is 0.226 e. The predicted molar refractivity (Wildman–Crippen MR) is 68.5 cm³/mol. The average Bonchev–Trinajstić information content (AvgIpc) is 2.94. The number of nitrogens with zero attached hydrogens (tertiary/aromatic N) is 6. The molecule has 0 aromatic carbocycles. The van der Waals surface area contributed by atoms with E-state index in [0.29, 0.717) is 29.4 Å². The van der Waals surface area contributed by atoms with E-state index in [2.05, 4.69) is 39.5 Å². The van der Waals surface area contributed by atoms with Crippen LogP contribution in [0.3, 0.4) is 0 Å². The molecule has 0 bridgehead atoms. The zero-order valence-corrected chi connectivity index (χ0v) is 11.8. The second-order valence-corrected chi connectivity index (χ2v) is 6.07. The van der Waals surface area contributed by atoms with Crippen LogP contribution in [0.25, 0.3) is 0 Å². The fraction of sp³-hybridized carbons (Fsp3) is 0.727. The second-order valence-electron chi connectivity index (χ2n) is 5.13. The molecule has 19 heavy (non-hydrogen) atoms. The van der Waals surface area contributed by atoms with Crippen molar-refractivity contribution in [1.82, 2.24) is 30.3 Å². The third kappa shape index (κ3) is 3.12. The van der Waals surface area contributed by atoms with Crippen molar-refractivity contribution in [2.75, 3.05) is 0 Å². The van der Waals surface area contributed by atoms with Crippen molar-refractivity contribution in [3.05, 3.63) is 11.7 Å². The van der Waals surface area contributed by atoms with Gasteiger partial charge in [-0.1, -0.05) is 30.8 Å². The Bertz CT molecular complexity index is 547. The molecule has 2 aromatic rings. The summed E-state index contributed by atoms with van der Waals surface area (Å²) in [4.78, 5) is 4.36. The quantitative estimate of drug-likeness (QED) is 0.747. The highest BCUT2D eigenvalue weighted by molar-refractivity contribution is 7.98. The van der Waals surface area contributed by atoms with Crippen LogP contribution < -0.4 is 0 Å². The van der Waals surface area contributed by atoms with Gasteiger partial charge < -0.3 is 4.52 Å². The predicted octanol–water partition coefficient (Wildman–Crippen LogP) is 1.88. The number of rotatable bonds is 6. The lowest BCUT2D eigenvalue weighted by atomic mass is 10.1. The minimum atomic E-state index is 0.485. The van der Waals surface area contributed by atoms with Crippen molar-refractivity contribution < 1.29 is 4.52 Å². The fourth-order valence-corrected chi connectivity index (χ4v) is 2.53. The van der Waals surface area contributed by atoms with E-state index in [1.54, 1.807) is 11.8 Å². The van der Waals surface area contributed by atoms with Crippen LogP contribution in [0.15, 0.2) is 9.68 Å². The van der Waals surface area contributed by atoms with Crippen molar-refractivity contribution in [3.8, 4) is 0 Å². The zero-order valence-electron chi connectivity index (χ0n) is 11.0. The molecule has 0 N–H and O–H groups in total. The summed E-state index contributed by atoms with van der Waals surface area (Å²) in [5.74, 6) is 2.55. The molecule has 1 aliphatic rings. The summed E-state index contributed by atoms with van der Waals surface area (Å²) in [6.45, 7) is 4.25. The fourth-order valence-electron chi connectivity index (χ4n) is 1.74. The van der Waals surface area contributed by atoms with Crippen molar-refractivity contribution in [1.29, 1.82) is 0 Å². The Morgan fingerprint density at radius 3 is 3.00 bits per heavy atom. The number of hydrogen-bond acceptors (Lipinski definition) is 7. The lowest BCUT2D eigenvalue weighted by Gasteiger charge is -1.99. The third-order valence-electron chi connectivity index (χ3n) is 2.78. The summed E-state index contributed by atoms with van der Waals surface area (Å²) in [6.07, 6.45) is 3.15. The number of hydrogen-bond donors (Lipinski definition) is 0. The summed E-state index contributed by atoms with van der Waals surface area (Å²) in [5, 5.41) is 16.6. The van der Waals surface area contributed by atoms with Crippen LogP contribution >= 0.6 is 11.8 Å². The lowest BCUT2D eigenvalue weighted by Crippen LogP contribution is -1.99. The first-order chi connectivity index (χ1) is 9.22. The molecule has 0 unspecified atom stereocenters. The maximum absolute atomic E-state index is 5.20. The molecular weight excluding hydrogens is 264 g/mol. The molecule has 7 nitrogen and oxygen atoms in total. The molecule has 0 saturated heterocycles. The van der Waals surface area contributed by atoms with Crippen LogP contribution in [0.1, 0.15) is 44.4 Å². The topological polar surface area (TPSA) is 82.5 Å². The Kier molecular flexibility index (Phi) is 3.50. The summed E-state index contributed by atoms with van der Waals surface area (Å²) in [7, 11) is 0. The molecule has 0 atom stereocenters. The Labute approximate surface area is 115 Å². The summed E-state index contributed by atoms with van der Waals surface area (Å²) >= 11 is 1.55. The van der Waals surface area contributed by atoms with Crippen molar-refractivity contribution in [2.24, 2.45) is 5.92 Å². The molecule has 1 aliphatic carbocycles. The lowest BCUT2D eigenvalue weighted by molar-refractivity contribution is 0.360. The summed E-state index contributed by atoms with van der Waals surface area (Å²) in [5.41, 5.74) is 0. The van der Waals surface area contributed by atoms with Gasteiger partial charge in [0.1, 0.15) is 0 Å². The SMILES string of the molecule is CC(C)Cc1nc(CSc2nnnn2C2CC2)no1. The first-order valence-corrected chi connectivity index (χ1v) is 7.43. The Morgan fingerprint density at radius 1 is 1.42 bits per heavy atom. The molecule has 1 saturated carbocycles. The normalized spacial score (nSPS) is 15.3. The molecule has 0 amide bonds. The van der Waals surface area contributed by atoms with Gasteiger partial charge >= 0.3 is 0 Å². The second kappa shape index (κ2) is 5.28. The van der Waals surface area contributed by atoms with E-state index in [0.717, 1.165) is 11.6 Å². The van der Waals surface area contributed by atoms with Gasteiger partial charge in [-0.15, -0.1) is 5.10 Å². The number of tetrazole rings is 1. The maximum atomic E-state index is 5.20. The van der Waals surface area contributed by atoms with Gasteiger partial charge in [0.2, 0.25) is 11.0 Å². The number of aromatic nitrogens is 6. The average molecular weight is 280 g/mol. The minimum Gasteiger partial charge on any atom is -0.339 e. The molecule has 0 aliphatic heterocycles. The molecule has 2 heterocycles. The maximum Gasteiger partial charge on any atom is 0.226 e. The van der Waals surface area contributed by atoms with Gasteiger partial charge in [-0.2, -0.15) is 4.98 Å². The van der Waals surface area contributed by atoms with Crippen LogP contribution in [0.2, 0.25) is 0 Å². The van der Waals surface area contributed by atoms with E-state index in [4.69, 9.17) is 4.52 Å². The highest BCUT2D eigenvalue weighted by Gasteiger charge is 2.28. The Balaban J connectivity index is 1.59. The molecule has 1 fully saturated rings. The first kappa shape index (κ1) is 12.6. The van der Waals surface area contributed by atoms with Gasteiger partial charge in [0.25, 0.3) is 0 Å². The molecule has 0 radical (unpaired) electrons. The summed E-state index contributed by atoms with van der Waals surface area (Å²) in [6, 6.07) is 0.485. The number of thioether (sulfide) groups is 1. The van der Waals surface area contributed by atoms with Crippen LogP contribution in [-0.4, -0.2) is 30.3 Å². The van der Waals surface area contributed by atoms with E-state index in [1.165, 1.54) is 12.8 Å². The Morgan fingerprint density at radius 2 is 2.26 bits per heavy atom. The van der Waals surface area contributed by atoms with Gasteiger partial charge in [-0.3, -0.25) is 0 Å². The van der Waals surface area contributed by atoms with Crippen molar-refractivity contribution in [2.45, 2.75) is 50.1 Å². The van der Waals surface area contributed by atoms with Gasteiger partial charge in [0, 0.05) is 6.42 Å². The molecule has 2 aromatic heterocycles.